The molecule has 2 aromatic heterocycles. The molecule has 26 heavy (non-hydrogen) atoms. The van der Waals surface area contributed by atoms with Crippen molar-refractivity contribution in [1.29, 1.82) is 0 Å². The average Bonchev–Trinajstić information content (AvgIpc) is 3.03. The van der Waals surface area contributed by atoms with Gasteiger partial charge in [0.1, 0.15) is 6.61 Å². The monoisotopic (exact) mass is 350 g/mol. The van der Waals surface area contributed by atoms with Crippen molar-refractivity contribution in [1.82, 2.24) is 9.55 Å². The quantitative estimate of drug-likeness (QED) is 0.493. The minimum Gasteiger partial charge on any atom is -0.458 e. The summed E-state index contributed by atoms with van der Waals surface area (Å²) in [6, 6.07) is 11.5. The first-order chi connectivity index (χ1) is 12.6. The van der Waals surface area contributed by atoms with Crippen molar-refractivity contribution in [3.63, 3.8) is 0 Å². The highest BCUT2D eigenvalue weighted by atomic mass is 16.5. The van der Waals surface area contributed by atoms with Crippen LogP contribution in [0.4, 0.5) is 0 Å². The van der Waals surface area contributed by atoms with Gasteiger partial charge in [0.05, 0.1) is 29.0 Å². The van der Waals surface area contributed by atoms with Crippen LogP contribution in [0, 0.1) is 0 Å². The molecule has 2 aliphatic heterocycles. The van der Waals surface area contributed by atoms with Crippen molar-refractivity contribution < 1.29 is 14.6 Å². The molecule has 1 atom stereocenters. The van der Waals surface area contributed by atoms with Crippen LogP contribution in [0.25, 0.3) is 22.3 Å². The zero-order chi connectivity index (χ0) is 18.4. The van der Waals surface area contributed by atoms with Gasteiger partial charge >= 0.3 is 5.97 Å². The Bertz CT molecular complexity index is 1100. The van der Waals surface area contributed by atoms with Crippen LogP contribution in [-0.2, 0) is 22.7 Å². The number of hydrogen-bond acceptors (Lipinski definition) is 5. The van der Waals surface area contributed by atoms with Crippen LogP contribution in [0.15, 0.2) is 41.2 Å². The third-order valence-electron chi connectivity index (χ3n) is 4.69. The van der Waals surface area contributed by atoms with Crippen molar-refractivity contribution >= 4 is 16.9 Å². The lowest BCUT2D eigenvalue weighted by Gasteiger charge is -2.21. The summed E-state index contributed by atoms with van der Waals surface area (Å²) in [6.45, 7) is 4.33. The molecule has 0 saturated heterocycles. The molecule has 0 unspecified atom stereocenters. The van der Waals surface area contributed by atoms with Gasteiger partial charge in [0, 0.05) is 16.5 Å². The lowest BCUT2D eigenvalue weighted by atomic mass is 10.0. The highest BCUT2D eigenvalue weighted by Gasteiger charge is 2.33. The molecule has 4 heterocycles. The second kappa shape index (κ2) is 6.07. The maximum atomic E-state index is 12.8. The molecule has 3 aromatic rings. The highest BCUT2D eigenvalue weighted by Crippen LogP contribution is 2.34. The number of hydrogen-bond donors (Lipinski definition) is 1. The number of aromatic nitrogens is 2. The lowest BCUT2D eigenvalue weighted by molar-refractivity contribution is -0.157. The summed E-state index contributed by atoms with van der Waals surface area (Å²) in [7, 11) is 0. The Balaban J connectivity index is 0.000000814. The van der Waals surface area contributed by atoms with Gasteiger partial charge < -0.3 is 14.4 Å². The number of aliphatic hydroxyl groups is 1. The maximum absolute atomic E-state index is 12.8. The van der Waals surface area contributed by atoms with Gasteiger partial charge in [-0.05, 0) is 18.2 Å². The van der Waals surface area contributed by atoms with Crippen molar-refractivity contribution in [3.05, 3.63) is 63.4 Å². The predicted octanol–water partition coefficient (Wildman–Crippen LogP) is 2.54. The molecule has 132 valence electrons. The molecule has 1 aromatic carbocycles. The third-order valence-corrected chi connectivity index (χ3v) is 4.69. The second-order valence-electron chi connectivity index (χ2n) is 6.05. The van der Waals surface area contributed by atoms with E-state index in [1.165, 1.54) is 0 Å². The van der Waals surface area contributed by atoms with E-state index < -0.39 is 12.1 Å². The summed E-state index contributed by atoms with van der Waals surface area (Å²) in [6.07, 6.45) is -1.42. The number of benzene rings is 1. The van der Waals surface area contributed by atoms with Gasteiger partial charge in [-0.25, -0.2) is 9.78 Å². The zero-order valence-electron chi connectivity index (χ0n) is 14.5. The van der Waals surface area contributed by atoms with Gasteiger partial charge in [-0.3, -0.25) is 4.79 Å². The summed E-state index contributed by atoms with van der Waals surface area (Å²) < 4.78 is 6.51. The molecule has 0 saturated carbocycles. The molecule has 0 amide bonds. The van der Waals surface area contributed by atoms with E-state index in [9.17, 15) is 14.7 Å². The SMILES string of the molecule is CC.O=C1OCc2c(cc3n(c2=O)Cc2cc4ccccc4nc2-3)[C@@H]1O. The van der Waals surface area contributed by atoms with Crippen LogP contribution >= 0.6 is 0 Å². The fourth-order valence-corrected chi connectivity index (χ4v) is 3.47. The fraction of sp³-hybridized carbons (Fsp3) is 0.250. The van der Waals surface area contributed by atoms with E-state index in [2.05, 4.69) is 4.98 Å². The number of ether oxygens (including phenoxy) is 1. The normalized spacial score (nSPS) is 16.9. The Morgan fingerprint density at radius 3 is 2.77 bits per heavy atom. The Kier molecular flexibility index (Phi) is 3.85. The van der Waals surface area contributed by atoms with Crippen LogP contribution in [0.5, 0.6) is 0 Å². The number of carbonyl (C=O) groups is 1. The van der Waals surface area contributed by atoms with Gasteiger partial charge in [-0.15, -0.1) is 0 Å². The van der Waals surface area contributed by atoms with E-state index in [-0.39, 0.29) is 12.2 Å². The first kappa shape index (κ1) is 16.5. The summed E-state index contributed by atoms with van der Waals surface area (Å²) >= 11 is 0. The molecule has 6 heteroatoms. The topological polar surface area (TPSA) is 81.4 Å². The Hall–Kier alpha value is -2.99. The van der Waals surface area contributed by atoms with E-state index >= 15 is 0 Å². The number of pyridine rings is 2. The number of nitrogens with zero attached hydrogens (tertiary/aromatic N) is 2. The van der Waals surface area contributed by atoms with Gasteiger partial charge in [0.25, 0.3) is 5.56 Å². The number of aliphatic hydroxyl groups excluding tert-OH is 1. The fourth-order valence-electron chi connectivity index (χ4n) is 3.47. The molecular formula is C20H18N2O4. The van der Waals surface area contributed by atoms with E-state index in [0.717, 1.165) is 22.2 Å². The Morgan fingerprint density at radius 2 is 1.96 bits per heavy atom. The third kappa shape index (κ3) is 2.26. The average molecular weight is 350 g/mol. The second-order valence-corrected chi connectivity index (χ2v) is 6.05. The summed E-state index contributed by atoms with van der Waals surface area (Å²) in [5.41, 5.74) is 3.57. The standard InChI is InChI=1S/C18H12N2O4.C2H6/c21-16-11-6-14-15-10(5-9-3-1-2-4-13(9)19-15)7-20(14)17(22)12(11)8-24-18(16)23;1-2/h1-6,16,21H,7-8H2;1-2H3/t16-;/m0./s1. The number of cyclic esters (lactones) is 1. The minimum absolute atomic E-state index is 0.101. The Morgan fingerprint density at radius 1 is 1.19 bits per heavy atom. The molecule has 2 aliphatic rings. The molecule has 0 spiro atoms. The number of carbonyl (C=O) groups excluding carboxylic acids is 1. The molecule has 0 radical (unpaired) electrons. The van der Waals surface area contributed by atoms with Crippen LogP contribution < -0.4 is 5.56 Å². The smallest absolute Gasteiger partial charge is 0.340 e. The Labute approximate surface area is 149 Å². The molecule has 0 fully saturated rings. The van der Waals surface area contributed by atoms with E-state index in [0.29, 0.717) is 23.4 Å². The molecule has 5 rings (SSSR count). The predicted molar refractivity (Wildman–Crippen MR) is 96.6 cm³/mol. The van der Waals surface area contributed by atoms with Crippen molar-refractivity contribution in [2.24, 2.45) is 0 Å². The number of esters is 1. The van der Waals surface area contributed by atoms with Crippen LogP contribution in [-0.4, -0.2) is 20.6 Å². The molecular weight excluding hydrogens is 332 g/mol. The molecule has 0 bridgehead atoms. The van der Waals surface area contributed by atoms with E-state index in [4.69, 9.17) is 4.74 Å². The van der Waals surface area contributed by atoms with Crippen molar-refractivity contribution in [2.45, 2.75) is 33.1 Å². The zero-order valence-corrected chi connectivity index (χ0v) is 14.5. The first-order valence-corrected chi connectivity index (χ1v) is 8.64. The van der Waals surface area contributed by atoms with Crippen LogP contribution in [0.2, 0.25) is 0 Å². The number of rotatable bonds is 0. The van der Waals surface area contributed by atoms with Crippen LogP contribution in [0.3, 0.4) is 0 Å². The molecule has 6 nitrogen and oxygen atoms in total. The largest absolute Gasteiger partial charge is 0.458 e. The minimum atomic E-state index is -1.42. The van der Waals surface area contributed by atoms with Crippen molar-refractivity contribution in [2.75, 3.05) is 0 Å². The van der Waals surface area contributed by atoms with Gasteiger partial charge in [-0.2, -0.15) is 0 Å². The van der Waals surface area contributed by atoms with Crippen molar-refractivity contribution in [3.8, 4) is 11.4 Å². The number of fused-ring (bicyclic) bond motifs is 5. The van der Waals surface area contributed by atoms with E-state index in [1.54, 1.807) is 10.6 Å². The highest BCUT2D eigenvalue weighted by molar-refractivity contribution is 5.84. The summed E-state index contributed by atoms with van der Waals surface area (Å²) in [4.78, 5) is 29.0. The van der Waals surface area contributed by atoms with Gasteiger partial charge in [-0.1, -0.05) is 32.0 Å². The van der Waals surface area contributed by atoms with Crippen LogP contribution in [0.1, 0.15) is 36.6 Å². The number of para-hydroxylation sites is 1. The molecule has 1 N–H and O–H groups in total. The maximum Gasteiger partial charge on any atom is 0.340 e. The summed E-state index contributed by atoms with van der Waals surface area (Å²) in [5, 5.41) is 11.1. The summed E-state index contributed by atoms with van der Waals surface area (Å²) in [5.74, 6) is -0.725. The van der Waals surface area contributed by atoms with E-state index in [1.807, 2.05) is 44.2 Å². The first-order valence-electron chi connectivity index (χ1n) is 8.64. The van der Waals surface area contributed by atoms with Gasteiger partial charge in [0.2, 0.25) is 0 Å². The molecule has 0 aliphatic carbocycles. The lowest BCUT2D eigenvalue weighted by Crippen LogP contribution is -2.32. The van der Waals surface area contributed by atoms with Gasteiger partial charge in [0.15, 0.2) is 6.10 Å².